The first kappa shape index (κ1) is 19.0. The van der Waals surface area contributed by atoms with E-state index in [2.05, 4.69) is 29.1 Å². The van der Waals surface area contributed by atoms with E-state index in [1.165, 1.54) is 18.9 Å². The molecular formula is C20H30FN3O2. The van der Waals surface area contributed by atoms with Crippen LogP contribution in [0.5, 0.6) is 5.75 Å². The fraction of sp³-hybridized carbons (Fsp3) is 0.650. The average Bonchev–Trinajstić information content (AvgIpc) is 3.06. The molecular weight excluding hydrogens is 333 g/mol. The van der Waals surface area contributed by atoms with E-state index in [0.29, 0.717) is 19.6 Å². The fourth-order valence-corrected chi connectivity index (χ4v) is 3.97. The summed E-state index contributed by atoms with van der Waals surface area (Å²) in [5.74, 6) is 2.95. The summed E-state index contributed by atoms with van der Waals surface area (Å²) in [5, 5.41) is 3.43. The highest BCUT2D eigenvalue weighted by molar-refractivity contribution is 5.80. The second-order valence-corrected chi connectivity index (χ2v) is 7.62. The lowest BCUT2D eigenvalue weighted by Crippen LogP contribution is -2.41. The van der Waals surface area contributed by atoms with Crippen LogP contribution in [0.25, 0.3) is 0 Å². The number of rotatable bonds is 5. The van der Waals surface area contributed by atoms with Crippen molar-refractivity contribution in [1.29, 1.82) is 0 Å². The van der Waals surface area contributed by atoms with Gasteiger partial charge in [0.15, 0.2) is 12.8 Å². The Morgan fingerprint density at radius 3 is 3.04 bits per heavy atom. The average molecular weight is 363 g/mol. The Balaban J connectivity index is 1.55. The number of halogens is 1. The van der Waals surface area contributed by atoms with Crippen molar-refractivity contribution < 1.29 is 13.9 Å². The molecule has 1 N–H and O–H groups in total. The van der Waals surface area contributed by atoms with Crippen LogP contribution in [0, 0.1) is 17.7 Å². The first-order valence-electron chi connectivity index (χ1n) is 9.54. The summed E-state index contributed by atoms with van der Waals surface area (Å²) in [6, 6.07) is 3.05. The Hall–Kier alpha value is -1.82. The summed E-state index contributed by atoms with van der Waals surface area (Å²) in [7, 11) is 1.82. The smallest absolute Gasteiger partial charge is 0.193 e. The van der Waals surface area contributed by atoms with E-state index >= 15 is 0 Å². The highest BCUT2D eigenvalue weighted by atomic mass is 19.1. The minimum Gasteiger partial charge on any atom is -0.467 e. The summed E-state index contributed by atoms with van der Waals surface area (Å²) >= 11 is 0. The van der Waals surface area contributed by atoms with Crippen molar-refractivity contribution in [3.63, 3.8) is 0 Å². The molecule has 1 aromatic rings. The van der Waals surface area contributed by atoms with E-state index in [0.717, 1.165) is 47.8 Å². The summed E-state index contributed by atoms with van der Waals surface area (Å²) in [6.07, 6.45) is 3.18. The Kier molecular flexibility index (Phi) is 6.35. The summed E-state index contributed by atoms with van der Waals surface area (Å²) in [4.78, 5) is 6.76. The van der Waals surface area contributed by atoms with Crippen LogP contribution in [-0.4, -0.2) is 44.3 Å². The fourth-order valence-electron chi connectivity index (χ4n) is 3.97. The van der Waals surface area contributed by atoms with Crippen molar-refractivity contribution in [3.8, 4) is 5.75 Å². The van der Waals surface area contributed by atoms with Gasteiger partial charge in [-0.15, -0.1) is 0 Å². The number of guanidine groups is 1. The molecule has 2 aliphatic rings. The zero-order valence-corrected chi connectivity index (χ0v) is 16.1. The minimum atomic E-state index is -0.242. The zero-order valence-electron chi connectivity index (χ0n) is 16.1. The van der Waals surface area contributed by atoms with Crippen LogP contribution in [-0.2, 0) is 17.8 Å². The van der Waals surface area contributed by atoms with E-state index in [-0.39, 0.29) is 12.6 Å². The standard InChI is InChI=1S/C20H30FN3O2/c1-14(2)8-15-5-7-24(11-15)20(22-3)23-6-4-16-9-18(21)10-17-12-25-13-26-19(16)17/h9-10,14-15H,4-8,11-13H2,1-3H3,(H,22,23). The van der Waals surface area contributed by atoms with E-state index in [1.807, 2.05) is 7.05 Å². The molecule has 0 aliphatic carbocycles. The normalized spacial score (nSPS) is 20.3. The Bertz CT molecular complexity index is 648. The molecule has 1 aromatic carbocycles. The summed E-state index contributed by atoms with van der Waals surface area (Å²) in [5.41, 5.74) is 1.66. The number of aliphatic imine (C=N–C) groups is 1. The molecule has 1 unspecified atom stereocenters. The molecule has 5 nitrogen and oxygen atoms in total. The van der Waals surface area contributed by atoms with Crippen molar-refractivity contribution in [1.82, 2.24) is 10.2 Å². The lowest BCUT2D eigenvalue weighted by atomic mass is 9.97. The molecule has 3 rings (SSSR count). The molecule has 26 heavy (non-hydrogen) atoms. The van der Waals surface area contributed by atoms with E-state index in [9.17, 15) is 4.39 Å². The molecule has 2 heterocycles. The molecule has 0 aromatic heterocycles. The van der Waals surface area contributed by atoms with Crippen LogP contribution < -0.4 is 10.1 Å². The third kappa shape index (κ3) is 4.67. The number of nitrogens with one attached hydrogen (secondary N) is 1. The van der Waals surface area contributed by atoms with Crippen LogP contribution in [0.3, 0.4) is 0 Å². The van der Waals surface area contributed by atoms with Gasteiger partial charge in [0, 0.05) is 32.2 Å². The van der Waals surface area contributed by atoms with Crippen molar-refractivity contribution in [2.24, 2.45) is 16.8 Å². The van der Waals surface area contributed by atoms with Gasteiger partial charge in [0.1, 0.15) is 11.6 Å². The van der Waals surface area contributed by atoms with Gasteiger partial charge >= 0.3 is 0 Å². The van der Waals surface area contributed by atoms with Gasteiger partial charge in [-0.1, -0.05) is 13.8 Å². The van der Waals surface area contributed by atoms with Gasteiger partial charge in [0.05, 0.1) is 6.61 Å². The Morgan fingerprint density at radius 1 is 1.42 bits per heavy atom. The van der Waals surface area contributed by atoms with Crippen LogP contribution in [0.15, 0.2) is 17.1 Å². The van der Waals surface area contributed by atoms with E-state index in [1.54, 1.807) is 6.07 Å². The van der Waals surface area contributed by atoms with E-state index < -0.39 is 0 Å². The topological polar surface area (TPSA) is 46.1 Å². The Morgan fingerprint density at radius 2 is 2.27 bits per heavy atom. The predicted octanol–water partition coefficient (Wildman–Crippen LogP) is 3.18. The van der Waals surface area contributed by atoms with E-state index in [4.69, 9.17) is 9.47 Å². The second kappa shape index (κ2) is 8.71. The molecule has 2 aliphatic heterocycles. The predicted molar refractivity (Wildman–Crippen MR) is 101 cm³/mol. The largest absolute Gasteiger partial charge is 0.467 e. The lowest BCUT2D eigenvalue weighted by Gasteiger charge is -2.23. The summed E-state index contributed by atoms with van der Waals surface area (Å²) < 4.78 is 24.7. The highest BCUT2D eigenvalue weighted by Crippen LogP contribution is 2.29. The monoisotopic (exact) mass is 363 g/mol. The first-order chi connectivity index (χ1) is 12.6. The maximum absolute atomic E-state index is 13.8. The van der Waals surface area contributed by atoms with Crippen LogP contribution in [0.1, 0.15) is 37.8 Å². The maximum Gasteiger partial charge on any atom is 0.193 e. The first-order valence-corrected chi connectivity index (χ1v) is 9.54. The molecule has 144 valence electrons. The maximum atomic E-state index is 13.8. The molecule has 0 saturated carbocycles. The van der Waals surface area contributed by atoms with Gasteiger partial charge in [-0.25, -0.2) is 4.39 Å². The second-order valence-electron chi connectivity index (χ2n) is 7.62. The highest BCUT2D eigenvalue weighted by Gasteiger charge is 2.25. The zero-order chi connectivity index (χ0) is 18.5. The van der Waals surface area contributed by atoms with Crippen molar-refractivity contribution in [2.75, 3.05) is 33.5 Å². The molecule has 1 saturated heterocycles. The SMILES string of the molecule is CN=C(NCCc1cc(F)cc2c1OCOC2)N1CCC(CC(C)C)C1. The number of hydrogen-bond acceptors (Lipinski definition) is 3. The van der Waals surface area contributed by atoms with Crippen molar-refractivity contribution in [2.45, 2.75) is 39.7 Å². The molecule has 0 radical (unpaired) electrons. The van der Waals surface area contributed by atoms with Gasteiger partial charge in [-0.3, -0.25) is 4.99 Å². The van der Waals surface area contributed by atoms with Gasteiger partial charge in [0.2, 0.25) is 0 Å². The quantitative estimate of drug-likeness (QED) is 0.645. The number of ether oxygens (including phenoxy) is 2. The summed E-state index contributed by atoms with van der Waals surface area (Å²) in [6.45, 7) is 8.00. The van der Waals surface area contributed by atoms with Gasteiger partial charge in [-0.05, 0) is 48.8 Å². The van der Waals surface area contributed by atoms with Gasteiger partial charge < -0.3 is 19.7 Å². The molecule has 0 bridgehead atoms. The van der Waals surface area contributed by atoms with Crippen molar-refractivity contribution >= 4 is 5.96 Å². The molecule has 6 heteroatoms. The molecule has 1 atom stereocenters. The van der Waals surface area contributed by atoms with Crippen LogP contribution in [0.2, 0.25) is 0 Å². The van der Waals surface area contributed by atoms with Gasteiger partial charge in [-0.2, -0.15) is 0 Å². The number of likely N-dealkylation sites (tertiary alicyclic amines) is 1. The molecule has 0 amide bonds. The third-order valence-electron chi connectivity index (χ3n) is 5.03. The molecule has 1 fully saturated rings. The van der Waals surface area contributed by atoms with Crippen molar-refractivity contribution in [3.05, 3.63) is 29.1 Å². The number of benzene rings is 1. The van der Waals surface area contributed by atoms with Crippen LogP contribution in [0.4, 0.5) is 4.39 Å². The number of nitrogens with zero attached hydrogens (tertiary/aromatic N) is 2. The Labute approximate surface area is 155 Å². The third-order valence-corrected chi connectivity index (χ3v) is 5.03. The van der Waals surface area contributed by atoms with Crippen LogP contribution >= 0.6 is 0 Å². The number of hydrogen-bond donors (Lipinski definition) is 1. The van der Waals surface area contributed by atoms with Gasteiger partial charge in [0.25, 0.3) is 0 Å². The lowest BCUT2D eigenvalue weighted by molar-refractivity contribution is -0.0172. The minimum absolute atomic E-state index is 0.228. The number of fused-ring (bicyclic) bond motifs is 1. The molecule has 0 spiro atoms.